The molecule has 178 valence electrons. The molecular formula is C28H27N3O3S. The Balaban J connectivity index is 1.49. The molecule has 0 aliphatic carbocycles. The van der Waals surface area contributed by atoms with Gasteiger partial charge >= 0.3 is 0 Å². The lowest BCUT2D eigenvalue weighted by Crippen LogP contribution is -2.32. The van der Waals surface area contributed by atoms with Gasteiger partial charge < -0.3 is 9.47 Å². The van der Waals surface area contributed by atoms with Gasteiger partial charge in [-0.05, 0) is 62.2 Å². The second kappa shape index (κ2) is 11.6. The molecule has 1 heterocycles. The van der Waals surface area contributed by atoms with Gasteiger partial charge in [0.2, 0.25) is 5.91 Å². The van der Waals surface area contributed by atoms with E-state index in [-0.39, 0.29) is 17.8 Å². The molecule has 3 aromatic rings. The fraction of sp³-hybridized carbons (Fsp3) is 0.250. The zero-order chi connectivity index (χ0) is 24.6. The minimum Gasteiger partial charge on any atom is -0.494 e. The predicted octanol–water partition coefficient (Wildman–Crippen LogP) is 5.73. The highest BCUT2D eigenvalue weighted by molar-refractivity contribution is 8.15. The van der Waals surface area contributed by atoms with Crippen LogP contribution in [0.3, 0.4) is 0 Å². The molecule has 3 aromatic carbocycles. The molecule has 0 N–H and O–H groups in total. The van der Waals surface area contributed by atoms with Crippen LogP contribution < -0.4 is 9.47 Å². The molecule has 0 radical (unpaired) electrons. The van der Waals surface area contributed by atoms with Gasteiger partial charge in [0, 0.05) is 12.1 Å². The Labute approximate surface area is 210 Å². The van der Waals surface area contributed by atoms with Crippen molar-refractivity contribution >= 4 is 28.5 Å². The Morgan fingerprint density at radius 2 is 1.69 bits per heavy atom. The van der Waals surface area contributed by atoms with Crippen LogP contribution in [0.25, 0.3) is 0 Å². The van der Waals surface area contributed by atoms with E-state index in [0.717, 1.165) is 22.6 Å². The summed E-state index contributed by atoms with van der Waals surface area (Å²) in [5.74, 6) is 1.56. The van der Waals surface area contributed by atoms with E-state index in [1.165, 1.54) is 11.8 Å². The number of hydrogen-bond donors (Lipinski definition) is 0. The van der Waals surface area contributed by atoms with Gasteiger partial charge in [-0.1, -0.05) is 48.2 Å². The van der Waals surface area contributed by atoms with Crippen molar-refractivity contribution in [2.24, 2.45) is 4.99 Å². The number of benzene rings is 3. The van der Waals surface area contributed by atoms with Crippen LogP contribution in [0.2, 0.25) is 0 Å². The molecule has 35 heavy (non-hydrogen) atoms. The van der Waals surface area contributed by atoms with Gasteiger partial charge in [0.1, 0.15) is 18.1 Å². The number of amides is 1. The Kier molecular flexibility index (Phi) is 8.07. The van der Waals surface area contributed by atoms with Crippen molar-refractivity contribution in [3.63, 3.8) is 0 Å². The summed E-state index contributed by atoms with van der Waals surface area (Å²) in [6.07, 6.45) is 0.526. The van der Waals surface area contributed by atoms with Crippen molar-refractivity contribution in [3.05, 3.63) is 89.5 Å². The summed E-state index contributed by atoms with van der Waals surface area (Å²) in [6.45, 7) is 5.36. The SMILES string of the molecule is CCOc1ccc(N=C2S[C@@H](Cc3ccccc3OCc3ccccc3C#N)C(=O)N2CC)cc1. The maximum atomic E-state index is 13.2. The van der Waals surface area contributed by atoms with Crippen molar-refractivity contribution in [3.8, 4) is 17.6 Å². The van der Waals surface area contributed by atoms with Crippen molar-refractivity contribution < 1.29 is 14.3 Å². The number of hydrogen-bond acceptors (Lipinski definition) is 6. The molecule has 6 nitrogen and oxygen atoms in total. The van der Waals surface area contributed by atoms with Gasteiger partial charge in [-0.2, -0.15) is 5.26 Å². The summed E-state index contributed by atoms with van der Waals surface area (Å²) >= 11 is 1.48. The molecule has 1 fully saturated rings. The van der Waals surface area contributed by atoms with Crippen LogP contribution in [0.1, 0.15) is 30.5 Å². The topological polar surface area (TPSA) is 74.9 Å². The number of carbonyl (C=O) groups is 1. The minimum atomic E-state index is -0.285. The van der Waals surface area contributed by atoms with Crippen molar-refractivity contribution in [1.29, 1.82) is 5.26 Å². The average molecular weight is 486 g/mol. The number of carbonyl (C=O) groups excluding carboxylic acids is 1. The molecule has 0 unspecified atom stereocenters. The number of amidine groups is 1. The molecule has 0 spiro atoms. The molecule has 1 saturated heterocycles. The van der Waals surface area contributed by atoms with E-state index in [9.17, 15) is 10.1 Å². The normalized spacial score (nSPS) is 16.4. The Hall–Kier alpha value is -3.76. The highest BCUT2D eigenvalue weighted by Gasteiger charge is 2.37. The van der Waals surface area contributed by atoms with E-state index in [0.29, 0.717) is 36.1 Å². The largest absolute Gasteiger partial charge is 0.494 e. The van der Waals surface area contributed by atoms with Gasteiger partial charge in [-0.3, -0.25) is 9.69 Å². The van der Waals surface area contributed by atoms with Crippen LogP contribution in [-0.2, 0) is 17.8 Å². The lowest BCUT2D eigenvalue weighted by molar-refractivity contribution is -0.126. The summed E-state index contributed by atoms with van der Waals surface area (Å²) in [4.78, 5) is 19.7. The Morgan fingerprint density at radius 1 is 0.971 bits per heavy atom. The maximum absolute atomic E-state index is 13.2. The van der Waals surface area contributed by atoms with Crippen LogP contribution in [0, 0.1) is 11.3 Å². The molecule has 0 bridgehead atoms. The quantitative estimate of drug-likeness (QED) is 0.387. The van der Waals surface area contributed by atoms with Crippen LogP contribution in [0.5, 0.6) is 11.5 Å². The van der Waals surface area contributed by atoms with Gasteiger partial charge in [0.05, 0.1) is 29.2 Å². The van der Waals surface area contributed by atoms with Gasteiger partial charge in [0.25, 0.3) is 0 Å². The predicted molar refractivity (Wildman–Crippen MR) is 139 cm³/mol. The van der Waals surface area contributed by atoms with E-state index in [1.807, 2.05) is 80.6 Å². The molecule has 1 aliphatic heterocycles. The third-order valence-corrected chi connectivity index (χ3v) is 6.78. The van der Waals surface area contributed by atoms with Crippen molar-refractivity contribution in [2.75, 3.05) is 13.2 Å². The van der Waals surface area contributed by atoms with E-state index in [4.69, 9.17) is 14.5 Å². The molecule has 0 saturated carbocycles. The highest BCUT2D eigenvalue weighted by atomic mass is 32.2. The summed E-state index contributed by atoms with van der Waals surface area (Å²) in [7, 11) is 0. The summed E-state index contributed by atoms with van der Waals surface area (Å²) in [5.41, 5.74) is 3.16. The first-order chi connectivity index (χ1) is 17.1. The first kappa shape index (κ1) is 24.4. The fourth-order valence-electron chi connectivity index (χ4n) is 3.83. The number of rotatable bonds is 9. The fourth-order valence-corrected chi connectivity index (χ4v) is 5.08. The smallest absolute Gasteiger partial charge is 0.242 e. The van der Waals surface area contributed by atoms with Crippen LogP contribution in [0.4, 0.5) is 5.69 Å². The third kappa shape index (κ3) is 5.84. The first-order valence-corrected chi connectivity index (χ1v) is 12.5. The molecule has 7 heteroatoms. The van der Waals surface area contributed by atoms with E-state index < -0.39 is 0 Å². The zero-order valence-corrected chi connectivity index (χ0v) is 20.6. The number of nitriles is 1. The Morgan fingerprint density at radius 3 is 2.40 bits per heavy atom. The third-order valence-electron chi connectivity index (χ3n) is 5.61. The van der Waals surface area contributed by atoms with Crippen molar-refractivity contribution in [2.45, 2.75) is 32.1 Å². The number of ether oxygens (including phenoxy) is 2. The second-order valence-electron chi connectivity index (χ2n) is 7.88. The molecule has 1 aliphatic rings. The standard InChI is InChI=1S/C28H27N3O3S/c1-3-31-27(32)26(35-28(31)30-23-13-15-24(16-14-23)33-4-2)17-20-9-7-8-12-25(20)34-19-22-11-6-5-10-21(22)18-29/h5-16,26H,3-4,17,19H2,1-2H3/t26-/m0/s1. The lowest BCUT2D eigenvalue weighted by Gasteiger charge is -2.15. The van der Waals surface area contributed by atoms with E-state index in [2.05, 4.69) is 6.07 Å². The molecule has 1 amide bonds. The highest BCUT2D eigenvalue weighted by Crippen LogP contribution is 2.34. The number of nitrogens with zero attached hydrogens (tertiary/aromatic N) is 3. The number of aliphatic imine (C=N–C) groups is 1. The van der Waals surface area contributed by atoms with Gasteiger partial charge in [-0.25, -0.2) is 4.99 Å². The van der Waals surface area contributed by atoms with Crippen LogP contribution in [0.15, 0.2) is 77.8 Å². The summed E-state index contributed by atoms with van der Waals surface area (Å²) in [6, 6.07) is 24.9. The number of para-hydroxylation sites is 1. The van der Waals surface area contributed by atoms with E-state index >= 15 is 0 Å². The van der Waals surface area contributed by atoms with Crippen LogP contribution in [-0.4, -0.2) is 34.4 Å². The van der Waals surface area contributed by atoms with E-state index in [1.54, 1.807) is 11.0 Å². The summed E-state index contributed by atoms with van der Waals surface area (Å²) in [5, 5.41) is 9.75. The molecule has 4 rings (SSSR count). The van der Waals surface area contributed by atoms with Gasteiger partial charge in [-0.15, -0.1) is 0 Å². The average Bonchev–Trinajstić information content (AvgIpc) is 3.18. The minimum absolute atomic E-state index is 0.0480. The molecular weight excluding hydrogens is 458 g/mol. The second-order valence-corrected chi connectivity index (χ2v) is 9.05. The Bertz CT molecular complexity index is 1250. The van der Waals surface area contributed by atoms with Crippen LogP contribution >= 0.6 is 11.8 Å². The summed E-state index contributed by atoms with van der Waals surface area (Å²) < 4.78 is 11.6. The maximum Gasteiger partial charge on any atom is 0.242 e. The van der Waals surface area contributed by atoms with Gasteiger partial charge in [0.15, 0.2) is 5.17 Å². The van der Waals surface area contributed by atoms with Crippen molar-refractivity contribution in [1.82, 2.24) is 4.90 Å². The zero-order valence-electron chi connectivity index (χ0n) is 19.8. The molecule has 1 atom stereocenters. The monoisotopic (exact) mass is 485 g/mol. The number of thioether (sulfide) groups is 1. The lowest BCUT2D eigenvalue weighted by atomic mass is 10.1. The first-order valence-electron chi connectivity index (χ1n) is 11.6. The molecule has 0 aromatic heterocycles.